The molecule has 0 unspecified atom stereocenters. The van der Waals surface area contributed by atoms with Crippen LogP contribution in [0.2, 0.25) is 0 Å². The molecular formula is C30H38Ti. The summed E-state index contributed by atoms with van der Waals surface area (Å²) in [5.74, 6) is 0. The van der Waals surface area contributed by atoms with Crippen molar-refractivity contribution in [2.75, 3.05) is 0 Å². The zero-order chi connectivity index (χ0) is 22.3. The molecule has 1 heteroatoms. The Kier molecular flexibility index (Phi) is 7.62. The molecule has 31 heavy (non-hydrogen) atoms. The van der Waals surface area contributed by atoms with Crippen LogP contribution in [0.5, 0.6) is 0 Å². The van der Waals surface area contributed by atoms with E-state index >= 15 is 0 Å². The van der Waals surface area contributed by atoms with Crippen LogP contribution in [-0.2, 0) is 32.5 Å². The zero-order valence-corrected chi connectivity index (χ0v) is 22.5. The molecule has 0 radical (unpaired) electrons. The van der Waals surface area contributed by atoms with E-state index in [1.165, 1.54) is 38.2 Å². The summed E-state index contributed by atoms with van der Waals surface area (Å²) in [6.45, 7) is 20.3. The van der Waals surface area contributed by atoms with Crippen molar-refractivity contribution < 1.29 is 21.7 Å². The average Bonchev–Trinajstić information content (AvgIpc) is 3.27. The summed E-state index contributed by atoms with van der Waals surface area (Å²) in [6.07, 6.45) is 8.50. The minimum Gasteiger partial charge on any atom is -0.273 e. The Morgan fingerprint density at radius 2 is 1.13 bits per heavy atom. The molecule has 0 bridgehead atoms. The van der Waals surface area contributed by atoms with Crippen LogP contribution in [0.25, 0.3) is 21.5 Å². The van der Waals surface area contributed by atoms with Gasteiger partial charge in [-0.15, -0.1) is 46.2 Å². The smallest absolute Gasteiger partial charge is 0.273 e. The van der Waals surface area contributed by atoms with Crippen LogP contribution >= 0.6 is 0 Å². The van der Waals surface area contributed by atoms with Gasteiger partial charge in [-0.2, -0.15) is 11.6 Å². The normalized spacial score (nSPS) is 14.3. The Bertz CT molecular complexity index is 1030. The van der Waals surface area contributed by atoms with Crippen LogP contribution in [-0.4, -0.2) is 0 Å². The second-order valence-electron chi connectivity index (χ2n) is 11.7. The van der Waals surface area contributed by atoms with Crippen LogP contribution in [0.15, 0.2) is 60.2 Å². The maximum absolute atomic E-state index is 3.16. The topological polar surface area (TPSA) is 0 Å². The minimum atomic E-state index is 0. The van der Waals surface area contributed by atoms with Gasteiger partial charge in [0.25, 0.3) is 0 Å². The zero-order valence-electron chi connectivity index (χ0n) is 20.9. The maximum Gasteiger partial charge on any atom is 2.00 e. The first-order valence-electron chi connectivity index (χ1n) is 11.2. The van der Waals surface area contributed by atoms with Crippen LogP contribution < -0.4 is 0 Å². The summed E-state index contributed by atoms with van der Waals surface area (Å²) in [5.41, 5.74) is 4.96. The minimum absolute atomic E-state index is 0. The molecule has 0 saturated carbocycles. The number of allylic oxidation sites excluding steroid dienone is 4. The van der Waals surface area contributed by atoms with Gasteiger partial charge in [-0.3, -0.25) is 6.08 Å². The molecule has 0 aromatic heterocycles. The molecule has 0 spiro atoms. The molecule has 0 atom stereocenters. The van der Waals surface area contributed by atoms with Gasteiger partial charge >= 0.3 is 21.7 Å². The summed E-state index contributed by atoms with van der Waals surface area (Å²) in [7, 11) is 0. The summed E-state index contributed by atoms with van der Waals surface area (Å²) in [6, 6.07) is 16.2. The van der Waals surface area contributed by atoms with Crippen molar-refractivity contribution in [3.63, 3.8) is 0 Å². The third-order valence-corrected chi connectivity index (χ3v) is 6.00. The van der Waals surface area contributed by atoms with Gasteiger partial charge in [0.2, 0.25) is 0 Å². The van der Waals surface area contributed by atoms with E-state index in [1.54, 1.807) is 0 Å². The number of rotatable bonds is 0. The van der Waals surface area contributed by atoms with Crippen molar-refractivity contribution in [2.45, 2.75) is 79.6 Å². The van der Waals surface area contributed by atoms with Crippen LogP contribution in [0.3, 0.4) is 0 Å². The predicted octanol–water partition coefficient (Wildman–Crippen LogP) is 9.03. The molecule has 0 heterocycles. The molecule has 3 aromatic carbocycles. The Morgan fingerprint density at radius 3 is 1.42 bits per heavy atom. The average molecular weight is 447 g/mol. The van der Waals surface area contributed by atoms with Crippen LogP contribution in [0, 0.1) is 11.5 Å². The number of fused-ring (bicyclic) bond motifs is 3. The van der Waals surface area contributed by atoms with Crippen molar-refractivity contribution in [3.05, 3.63) is 77.4 Å². The number of hydrogen-bond donors (Lipinski definition) is 0. The molecule has 0 fully saturated rings. The molecule has 1 aliphatic rings. The maximum atomic E-state index is 3.16. The fourth-order valence-corrected chi connectivity index (χ4v) is 3.87. The van der Waals surface area contributed by atoms with Gasteiger partial charge < -0.3 is 0 Å². The van der Waals surface area contributed by atoms with Gasteiger partial charge in [-0.1, -0.05) is 103 Å². The quantitative estimate of drug-likeness (QED) is 0.239. The van der Waals surface area contributed by atoms with Gasteiger partial charge in [0.05, 0.1) is 0 Å². The third kappa shape index (κ3) is 6.06. The standard InChI is InChI=1S/C21H25.C9H13.Ti/c1-20(2,3)16-7-9-18-14(12-16)11-15-13-17(21(4,5)6)8-10-19(15)18;1-9(2,3)8-6-4-5-7-8;/h7-13H,1-6H3;6-7H,4H2,1-3H3;/q2*-1;+2. The Balaban J connectivity index is 0.000000289. The summed E-state index contributed by atoms with van der Waals surface area (Å²) in [5, 5.41) is 5.48. The predicted molar refractivity (Wildman–Crippen MR) is 134 cm³/mol. The van der Waals surface area contributed by atoms with E-state index < -0.39 is 0 Å². The molecule has 0 N–H and O–H groups in total. The molecular weight excluding hydrogens is 408 g/mol. The number of hydrogen-bond acceptors (Lipinski definition) is 0. The van der Waals surface area contributed by atoms with Crippen molar-refractivity contribution in [3.8, 4) is 0 Å². The van der Waals surface area contributed by atoms with Gasteiger partial charge in [0.15, 0.2) is 0 Å². The van der Waals surface area contributed by atoms with Crippen molar-refractivity contribution in [1.82, 2.24) is 0 Å². The second-order valence-corrected chi connectivity index (χ2v) is 11.7. The third-order valence-electron chi connectivity index (χ3n) is 6.00. The van der Waals surface area contributed by atoms with E-state index in [-0.39, 0.29) is 32.5 Å². The summed E-state index contributed by atoms with van der Waals surface area (Å²) in [4.78, 5) is 0. The molecule has 4 rings (SSSR count). The fourth-order valence-electron chi connectivity index (χ4n) is 3.87. The van der Waals surface area contributed by atoms with Crippen LogP contribution in [0.1, 0.15) is 79.9 Å². The van der Waals surface area contributed by atoms with Gasteiger partial charge in [-0.25, -0.2) is 6.08 Å². The SMILES string of the molecule is CC(C)(C)C1=CC[C-]=C1.CC(C)(C)c1ccc2c(c1)[cH-]c1cc(C(C)(C)C)ccc12.[Ti+2]. The Hall–Kier alpha value is -1.50. The van der Waals surface area contributed by atoms with Gasteiger partial charge in [0.1, 0.15) is 0 Å². The van der Waals surface area contributed by atoms with E-state index in [0.717, 1.165) is 6.42 Å². The van der Waals surface area contributed by atoms with E-state index in [4.69, 9.17) is 0 Å². The van der Waals surface area contributed by atoms with Gasteiger partial charge in [-0.05, 0) is 10.8 Å². The fraction of sp³-hybridized carbons (Fsp3) is 0.433. The van der Waals surface area contributed by atoms with E-state index in [1.807, 2.05) is 0 Å². The molecule has 3 aromatic rings. The second kappa shape index (κ2) is 9.17. The van der Waals surface area contributed by atoms with Crippen molar-refractivity contribution >= 4 is 21.5 Å². The first kappa shape index (κ1) is 25.8. The van der Waals surface area contributed by atoms with Crippen molar-refractivity contribution in [1.29, 1.82) is 0 Å². The summed E-state index contributed by atoms with van der Waals surface area (Å²) >= 11 is 0. The number of benzene rings is 2. The van der Waals surface area contributed by atoms with E-state index in [0.29, 0.717) is 5.41 Å². The van der Waals surface area contributed by atoms with Crippen molar-refractivity contribution in [2.24, 2.45) is 5.41 Å². The molecule has 1 aliphatic carbocycles. The molecule has 0 aliphatic heterocycles. The van der Waals surface area contributed by atoms with E-state index in [2.05, 4.69) is 123 Å². The first-order valence-corrected chi connectivity index (χ1v) is 11.2. The van der Waals surface area contributed by atoms with E-state index in [9.17, 15) is 0 Å². The largest absolute Gasteiger partial charge is 2.00 e. The summed E-state index contributed by atoms with van der Waals surface area (Å²) < 4.78 is 0. The molecule has 0 saturated heterocycles. The van der Waals surface area contributed by atoms with Gasteiger partial charge in [0, 0.05) is 0 Å². The molecule has 162 valence electrons. The first-order chi connectivity index (χ1) is 13.8. The molecule has 0 amide bonds. The Labute approximate surface area is 205 Å². The van der Waals surface area contributed by atoms with Crippen LogP contribution in [0.4, 0.5) is 0 Å². The molecule has 0 nitrogen and oxygen atoms in total. The monoisotopic (exact) mass is 446 g/mol. The Morgan fingerprint density at radius 1 is 0.677 bits per heavy atom.